The molecule has 0 N–H and O–H groups in total. The Morgan fingerprint density at radius 2 is 2.00 bits per heavy atom. The lowest BCUT2D eigenvalue weighted by Gasteiger charge is -2.04. The number of alkyl halides is 1. The Morgan fingerprint density at radius 1 is 1.40 bits per heavy atom. The van der Waals surface area contributed by atoms with E-state index < -0.39 is 0 Å². The molecule has 1 rings (SSSR count). The number of rotatable bonds is 3. The van der Waals surface area contributed by atoms with Gasteiger partial charge in [0.2, 0.25) is 0 Å². The first-order valence-electron chi connectivity index (χ1n) is 3.90. The number of ketones is 1. The molecule has 0 radical (unpaired) electrons. The first kappa shape index (κ1) is 8.06. The molecule has 2 heteroatoms. The first-order chi connectivity index (χ1) is 4.83. The van der Waals surface area contributed by atoms with Crippen LogP contribution in [0.1, 0.15) is 32.1 Å². The van der Waals surface area contributed by atoms with Gasteiger partial charge in [-0.1, -0.05) is 25.7 Å². The van der Waals surface area contributed by atoms with Gasteiger partial charge in [0.1, 0.15) is 5.78 Å². The van der Waals surface area contributed by atoms with Gasteiger partial charge in [-0.2, -0.15) is 0 Å². The molecule has 1 aliphatic carbocycles. The summed E-state index contributed by atoms with van der Waals surface area (Å²) in [6.07, 6.45) is 5.81. The standard InChI is InChI=1S/C8H13ClO/c9-6-8(10)5-7-3-1-2-4-7/h7H,1-6H2. The molecule has 0 aromatic rings. The van der Waals surface area contributed by atoms with E-state index in [1.165, 1.54) is 25.7 Å². The van der Waals surface area contributed by atoms with Crippen molar-refractivity contribution in [3.05, 3.63) is 0 Å². The molecule has 0 amide bonds. The smallest absolute Gasteiger partial charge is 0.147 e. The minimum atomic E-state index is 0.205. The zero-order valence-electron chi connectivity index (χ0n) is 6.11. The summed E-state index contributed by atoms with van der Waals surface area (Å²) in [5.41, 5.74) is 0. The molecule has 10 heavy (non-hydrogen) atoms. The van der Waals surface area contributed by atoms with Gasteiger partial charge in [0.15, 0.2) is 0 Å². The van der Waals surface area contributed by atoms with Crippen molar-refractivity contribution in [2.45, 2.75) is 32.1 Å². The molecular formula is C8H13ClO. The van der Waals surface area contributed by atoms with Crippen molar-refractivity contribution in [2.24, 2.45) is 5.92 Å². The Labute approximate surface area is 66.8 Å². The SMILES string of the molecule is O=C(CCl)CC1CCCC1. The van der Waals surface area contributed by atoms with E-state index in [-0.39, 0.29) is 11.7 Å². The molecule has 0 aromatic carbocycles. The van der Waals surface area contributed by atoms with Gasteiger partial charge in [0, 0.05) is 6.42 Å². The highest BCUT2D eigenvalue weighted by molar-refractivity contribution is 6.27. The van der Waals surface area contributed by atoms with Crippen LogP contribution in [0, 0.1) is 5.92 Å². The average Bonchev–Trinajstić information content (AvgIpc) is 2.40. The second-order valence-electron chi connectivity index (χ2n) is 3.03. The monoisotopic (exact) mass is 160 g/mol. The Hall–Kier alpha value is -0.0400. The Morgan fingerprint density at radius 3 is 2.50 bits per heavy atom. The van der Waals surface area contributed by atoms with Gasteiger partial charge in [0.05, 0.1) is 5.88 Å². The lowest BCUT2D eigenvalue weighted by atomic mass is 10.0. The number of Topliss-reactive ketones (excluding diaryl/α,β-unsaturated/α-hetero) is 1. The summed E-state index contributed by atoms with van der Waals surface area (Å²) < 4.78 is 0. The fourth-order valence-electron chi connectivity index (χ4n) is 1.59. The molecule has 1 nitrogen and oxygen atoms in total. The van der Waals surface area contributed by atoms with Gasteiger partial charge < -0.3 is 0 Å². The second kappa shape index (κ2) is 3.97. The molecule has 0 aromatic heterocycles. The fraction of sp³-hybridized carbons (Fsp3) is 0.875. The molecule has 1 saturated carbocycles. The predicted molar refractivity (Wildman–Crippen MR) is 42.3 cm³/mol. The molecule has 1 aliphatic rings. The number of hydrogen-bond donors (Lipinski definition) is 0. The quantitative estimate of drug-likeness (QED) is 0.580. The van der Waals surface area contributed by atoms with Crippen LogP contribution in [-0.4, -0.2) is 11.7 Å². The fourth-order valence-corrected chi connectivity index (χ4v) is 1.70. The van der Waals surface area contributed by atoms with Crippen molar-refractivity contribution in [2.75, 3.05) is 5.88 Å². The maximum atomic E-state index is 10.8. The van der Waals surface area contributed by atoms with Gasteiger partial charge >= 0.3 is 0 Å². The summed E-state index contributed by atoms with van der Waals surface area (Å²) in [4.78, 5) is 10.8. The molecule has 0 aliphatic heterocycles. The van der Waals surface area contributed by atoms with Gasteiger partial charge in [-0.25, -0.2) is 0 Å². The van der Waals surface area contributed by atoms with Crippen LogP contribution >= 0.6 is 11.6 Å². The minimum absolute atomic E-state index is 0.205. The van der Waals surface area contributed by atoms with E-state index in [0.717, 1.165) is 6.42 Å². The lowest BCUT2D eigenvalue weighted by molar-refractivity contribution is -0.117. The van der Waals surface area contributed by atoms with E-state index in [1.807, 2.05) is 0 Å². The normalized spacial score (nSPS) is 19.7. The maximum absolute atomic E-state index is 10.8. The van der Waals surface area contributed by atoms with Crippen LogP contribution < -0.4 is 0 Å². The van der Waals surface area contributed by atoms with E-state index in [9.17, 15) is 4.79 Å². The summed E-state index contributed by atoms with van der Waals surface area (Å²) in [6, 6.07) is 0. The average molecular weight is 161 g/mol. The van der Waals surface area contributed by atoms with E-state index in [4.69, 9.17) is 11.6 Å². The molecule has 0 bridgehead atoms. The lowest BCUT2D eigenvalue weighted by Crippen LogP contribution is -2.05. The highest BCUT2D eigenvalue weighted by Gasteiger charge is 2.17. The Bertz CT molecular complexity index is 116. The van der Waals surface area contributed by atoms with Gasteiger partial charge in [0.25, 0.3) is 0 Å². The van der Waals surface area contributed by atoms with Crippen molar-refractivity contribution >= 4 is 17.4 Å². The summed E-state index contributed by atoms with van der Waals surface area (Å²) in [6.45, 7) is 0. The van der Waals surface area contributed by atoms with Gasteiger partial charge in [-0.15, -0.1) is 11.6 Å². The van der Waals surface area contributed by atoms with Crippen molar-refractivity contribution in [3.63, 3.8) is 0 Å². The Kier molecular flexibility index (Phi) is 3.20. The number of carbonyl (C=O) groups is 1. The molecule has 58 valence electrons. The van der Waals surface area contributed by atoms with Crippen LogP contribution in [0.5, 0.6) is 0 Å². The third-order valence-corrected chi connectivity index (χ3v) is 2.44. The molecule has 0 unspecified atom stereocenters. The second-order valence-corrected chi connectivity index (χ2v) is 3.29. The topological polar surface area (TPSA) is 17.1 Å². The molecule has 0 spiro atoms. The van der Waals surface area contributed by atoms with Crippen LogP contribution in [-0.2, 0) is 4.79 Å². The minimum Gasteiger partial charge on any atom is -0.298 e. The molecule has 0 heterocycles. The van der Waals surface area contributed by atoms with E-state index in [1.54, 1.807) is 0 Å². The summed E-state index contributed by atoms with van der Waals surface area (Å²) in [5.74, 6) is 1.08. The van der Waals surface area contributed by atoms with Crippen molar-refractivity contribution in [3.8, 4) is 0 Å². The van der Waals surface area contributed by atoms with Crippen LogP contribution in [0.4, 0.5) is 0 Å². The van der Waals surface area contributed by atoms with Crippen LogP contribution in [0.25, 0.3) is 0 Å². The van der Waals surface area contributed by atoms with Gasteiger partial charge in [-0.3, -0.25) is 4.79 Å². The number of hydrogen-bond acceptors (Lipinski definition) is 1. The highest BCUT2D eigenvalue weighted by atomic mass is 35.5. The van der Waals surface area contributed by atoms with Gasteiger partial charge in [-0.05, 0) is 5.92 Å². The van der Waals surface area contributed by atoms with E-state index in [0.29, 0.717) is 5.92 Å². The molecule has 0 saturated heterocycles. The number of carbonyl (C=O) groups excluding carboxylic acids is 1. The van der Waals surface area contributed by atoms with Crippen LogP contribution in [0.3, 0.4) is 0 Å². The summed E-state index contributed by atoms with van der Waals surface area (Å²) in [5, 5.41) is 0. The summed E-state index contributed by atoms with van der Waals surface area (Å²) in [7, 11) is 0. The van der Waals surface area contributed by atoms with Crippen molar-refractivity contribution in [1.29, 1.82) is 0 Å². The largest absolute Gasteiger partial charge is 0.298 e. The molecule has 1 fully saturated rings. The predicted octanol–water partition coefficient (Wildman–Crippen LogP) is 2.37. The van der Waals surface area contributed by atoms with Crippen molar-refractivity contribution in [1.82, 2.24) is 0 Å². The van der Waals surface area contributed by atoms with Crippen LogP contribution in [0.15, 0.2) is 0 Å². The third kappa shape index (κ3) is 2.30. The zero-order chi connectivity index (χ0) is 7.40. The van der Waals surface area contributed by atoms with Crippen molar-refractivity contribution < 1.29 is 4.79 Å². The van der Waals surface area contributed by atoms with E-state index in [2.05, 4.69) is 0 Å². The number of halogens is 1. The summed E-state index contributed by atoms with van der Waals surface area (Å²) >= 11 is 5.38. The van der Waals surface area contributed by atoms with E-state index >= 15 is 0 Å². The zero-order valence-corrected chi connectivity index (χ0v) is 6.86. The first-order valence-corrected chi connectivity index (χ1v) is 4.44. The molecule has 0 atom stereocenters. The highest BCUT2D eigenvalue weighted by Crippen LogP contribution is 2.27. The third-order valence-electron chi connectivity index (χ3n) is 2.14. The molecular weight excluding hydrogens is 148 g/mol. The Balaban J connectivity index is 2.17. The maximum Gasteiger partial charge on any atom is 0.147 e. The van der Waals surface area contributed by atoms with Crippen LogP contribution in [0.2, 0.25) is 0 Å².